The molecule has 0 unspecified atom stereocenters. The third kappa shape index (κ3) is 2.79. The van der Waals surface area contributed by atoms with Gasteiger partial charge in [-0.15, -0.1) is 0 Å². The Labute approximate surface area is 138 Å². The Morgan fingerprint density at radius 3 is 2.46 bits per heavy atom. The van der Waals surface area contributed by atoms with Crippen LogP contribution in [-0.4, -0.2) is 49.2 Å². The molecule has 1 aromatic rings. The van der Waals surface area contributed by atoms with E-state index in [9.17, 15) is 26.4 Å². The van der Waals surface area contributed by atoms with Crippen molar-refractivity contribution in [2.75, 3.05) is 19.6 Å². The van der Waals surface area contributed by atoms with Crippen LogP contribution in [0.1, 0.15) is 19.8 Å². The van der Waals surface area contributed by atoms with E-state index in [4.69, 9.17) is 0 Å². The van der Waals surface area contributed by atoms with Gasteiger partial charge in [-0.25, -0.2) is 21.6 Å². The molecule has 0 N–H and O–H groups in total. The second-order valence-electron chi connectivity index (χ2n) is 6.27. The Hall–Kier alpha value is -1.61. The molecular formula is C15H17F3N2O3S. The zero-order chi connectivity index (χ0) is 17.6. The lowest BCUT2D eigenvalue weighted by Gasteiger charge is -2.34. The van der Waals surface area contributed by atoms with Crippen LogP contribution in [0.5, 0.6) is 0 Å². The fourth-order valence-corrected chi connectivity index (χ4v) is 5.20. The van der Waals surface area contributed by atoms with Crippen LogP contribution >= 0.6 is 0 Å². The van der Waals surface area contributed by atoms with Gasteiger partial charge in [0.05, 0.1) is 0 Å². The summed E-state index contributed by atoms with van der Waals surface area (Å²) in [4.78, 5) is 12.4. The van der Waals surface area contributed by atoms with E-state index >= 15 is 0 Å². The van der Waals surface area contributed by atoms with Crippen LogP contribution in [0.15, 0.2) is 17.0 Å². The van der Waals surface area contributed by atoms with Crippen LogP contribution < -0.4 is 0 Å². The van der Waals surface area contributed by atoms with Crippen LogP contribution in [0, 0.1) is 23.4 Å². The van der Waals surface area contributed by atoms with Crippen molar-refractivity contribution in [1.82, 2.24) is 9.21 Å². The lowest BCUT2D eigenvalue weighted by molar-refractivity contribution is -0.129. The number of rotatable bonds is 2. The smallest absolute Gasteiger partial charge is 0.246 e. The SMILES string of the molecule is CC(=O)N1C[C@@H]2CC[C@H](C1)N(S(=O)(=O)c1ccc(F)c(F)c1F)C2. The number of carbonyl (C=O) groups excluding carboxylic acids is 1. The summed E-state index contributed by atoms with van der Waals surface area (Å²) >= 11 is 0. The molecule has 3 aliphatic heterocycles. The molecule has 0 radical (unpaired) electrons. The highest BCUT2D eigenvalue weighted by Gasteiger charge is 2.43. The van der Waals surface area contributed by atoms with Crippen LogP contribution in [-0.2, 0) is 14.8 Å². The van der Waals surface area contributed by atoms with Crippen molar-refractivity contribution in [3.05, 3.63) is 29.6 Å². The van der Waals surface area contributed by atoms with Crippen LogP contribution in [0.25, 0.3) is 0 Å². The predicted molar refractivity (Wildman–Crippen MR) is 79.0 cm³/mol. The minimum absolute atomic E-state index is 0.0595. The third-order valence-electron chi connectivity index (χ3n) is 4.69. The van der Waals surface area contributed by atoms with Gasteiger partial charge < -0.3 is 4.90 Å². The van der Waals surface area contributed by atoms with E-state index in [0.29, 0.717) is 19.0 Å². The maximum Gasteiger partial charge on any atom is 0.246 e. The summed E-state index contributed by atoms with van der Waals surface area (Å²) in [6, 6.07) is 0.846. The van der Waals surface area contributed by atoms with Gasteiger partial charge in [-0.05, 0) is 30.9 Å². The monoisotopic (exact) mass is 362 g/mol. The topological polar surface area (TPSA) is 57.7 Å². The van der Waals surface area contributed by atoms with Crippen molar-refractivity contribution in [3.8, 4) is 0 Å². The van der Waals surface area contributed by atoms with E-state index < -0.39 is 38.4 Å². The molecule has 1 aromatic carbocycles. The van der Waals surface area contributed by atoms with Crippen LogP contribution in [0.2, 0.25) is 0 Å². The maximum atomic E-state index is 14.0. The fraction of sp³-hybridized carbons (Fsp3) is 0.533. The van der Waals surface area contributed by atoms with Crippen molar-refractivity contribution in [2.45, 2.75) is 30.7 Å². The molecule has 0 aliphatic carbocycles. The van der Waals surface area contributed by atoms with Crippen molar-refractivity contribution in [3.63, 3.8) is 0 Å². The molecule has 0 spiro atoms. The highest BCUT2D eigenvalue weighted by Crippen LogP contribution is 2.33. The van der Waals surface area contributed by atoms with Crippen LogP contribution in [0.3, 0.4) is 0 Å². The zero-order valence-electron chi connectivity index (χ0n) is 13.0. The molecule has 0 saturated carbocycles. The summed E-state index contributed by atoms with van der Waals surface area (Å²) in [6.45, 7) is 2.21. The number of carbonyl (C=O) groups is 1. The van der Waals surface area contributed by atoms with Crippen molar-refractivity contribution in [2.24, 2.45) is 5.92 Å². The minimum atomic E-state index is -4.32. The molecule has 3 heterocycles. The molecule has 0 aromatic heterocycles. The van der Waals surface area contributed by atoms with Crippen molar-refractivity contribution in [1.29, 1.82) is 0 Å². The average molecular weight is 362 g/mol. The molecule has 2 atom stereocenters. The summed E-state index contributed by atoms with van der Waals surface area (Å²) in [6.07, 6.45) is 1.31. The number of piperidine rings is 1. The van der Waals surface area contributed by atoms with Gasteiger partial charge in [-0.2, -0.15) is 4.31 Å². The first-order valence-electron chi connectivity index (χ1n) is 7.62. The molecule has 24 heavy (non-hydrogen) atoms. The largest absolute Gasteiger partial charge is 0.341 e. The highest BCUT2D eigenvalue weighted by molar-refractivity contribution is 7.89. The van der Waals surface area contributed by atoms with Crippen LogP contribution in [0.4, 0.5) is 13.2 Å². The van der Waals surface area contributed by atoms with E-state index in [1.165, 1.54) is 6.92 Å². The third-order valence-corrected chi connectivity index (χ3v) is 6.63. The molecule has 3 aliphatic rings. The first-order valence-corrected chi connectivity index (χ1v) is 9.06. The molecular weight excluding hydrogens is 345 g/mol. The molecule has 132 valence electrons. The number of fused-ring (bicyclic) bond motifs is 4. The summed E-state index contributed by atoms with van der Waals surface area (Å²) in [5.74, 6) is -5.16. The summed E-state index contributed by atoms with van der Waals surface area (Å²) < 4.78 is 67.2. The van der Waals surface area contributed by atoms with E-state index in [0.717, 1.165) is 16.8 Å². The number of hydrogen-bond donors (Lipinski definition) is 0. The summed E-state index contributed by atoms with van der Waals surface area (Å²) in [5, 5.41) is 0. The Kier molecular flexibility index (Phi) is 4.33. The van der Waals surface area contributed by atoms with Gasteiger partial charge >= 0.3 is 0 Å². The Morgan fingerprint density at radius 2 is 1.79 bits per heavy atom. The summed E-state index contributed by atoms with van der Waals surface area (Å²) in [5.41, 5.74) is 0. The molecule has 2 bridgehead atoms. The van der Waals surface area contributed by atoms with Gasteiger partial charge in [-0.1, -0.05) is 0 Å². The lowest BCUT2D eigenvalue weighted by atomic mass is 9.97. The van der Waals surface area contributed by atoms with E-state index in [-0.39, 0.29) is 24.9 Å². The lowest BCUT2D eigenvalue weighted by Crippen LogP contribution is -2.47. The average Bonchev–Trinajstić information content (AvgIpc) is 2.84. The second kappa shape index (κ2) is 6.03. The Morgan fingerprint density at radius 1 is 1.08 bits per heavy atom. The predicted octanol–water partition coefficient (Wildman–Crippen LogP) is 1.74. The molecule has 1 amide bonds. The van der Waals surface area contributed by atoms with E-state index in [1.807, 2.05) is 0 Å². The normalized spacial score (nSPS) is 24.9. The van der Waals surface area contributed by atoms with Gasteiger partial charge in [0.25, 0.3) is 0 Å². The minimum Gasteiger partial charge on any atom is -0.341 e. The van der Waals surface area contributed by atoms with Gasteiger partial charge in [0.1, 0.15) is 4.90 Å². The fourth-order valence-electron chi connectivity index (χ4n) is 3.42. The molecule has 3 saturated heterocycles. The quantitative estimate of drug-likeness (QED) is 0.753. The van der Waals surface area contributed by atoms with Crippen molar-refractivity contribution < 1.29 is 26.4 Å². The van der Waals surface area contributed by atoms with Gasteiger partial charge in [-0.3, -0.25) is 4.79 Å². The molecule has 5 nitrogen and oxygen atoms in total. The number of nitrogens with zero attached hydrogens (tertiary/aromatic N) is 2. The summed E-state index contributed by atoms with van der Waals surface area (Å²) in [7, 11) is -4.32. The van der Waals surface area contributed by atoms with E-state index in [1.54, 1.807) is 4.90 Å². The highest BCUT2D eigenvalue weighted by atomic mass is 32.2. The molecule has 9 heteroatoms. The van der Waals surface area contributed by atoms with E-state index in [2.05, 4.69) is 0 Å². The van der Waals surface area contributed by atoms with Gasteiger partial charge in [0.15, 0.2) is 17.5 Å². The number of amides is 1. The second-order valence-corrected chi connectivity index (χ2v) is 8.13. The first kappa shape index (κ1) is 17.2. The van der Waals surface area contributed by atoms with Gasteiger partial charge in [0, 0.05) is 32.6 Å². The Bertz CT molecular complexity index is 784. The van der Waals surface area contributed by atoms with Crippen molar-refractivity contribution >= 4 is 15.9 Å². The maximum absolute atomic E-state index is 14.0. The van der Waals surface area contributed by atoms with Gasteiger partial charge in [0.2, 0.25) is 15.9 Å². The number of benzene rings is 1. The standard InChI is InChI=1S/C15H17F3N2O3S/c1-9(21)19-6-10-2-3-11(8-19)20(7-10)24(22,23)13-5-4-12(16)14(17)15(13)18/h4-5,10-11H,2-3,6-8H2,1H3/t10-,11+/m0/s1. The zero-order valence-corrected chi connectivity index (χ0v) is 13.8. The number of hydrogen-bond acceptors (Lipinski definition) is 3. The molecule has 3 fully saturated rings. The number of halogens is 3. The number of sulfonamides is 1. The molecule has 4 rings (SSSR count). The Balaban J connectivity index is 1.99. The first-order chi connectivity index (χ1) is 11.2.